The number of Topliss-reactive ketones (excluding diaryl/α,β-unsaturated/α-hetero) is 1. The fourth-order valence-corrected chi connectivity index (χ4v) is 3.77. The maximum absolute atomic E-state index is 12.9. The molecule has 176 valence electrons. The molecule has 0 aliphatic carbocycles. The zero-order valence-electron chi connectivity index (χ0n) is 19.7. The van der Waals surface area contributed by atoms with E-state index in [0.717, 1.165) is 11.4 Å². The van der Waals surface area contributed by atoms with Crippen LogP contribution in [-0.2, 0) is 14.3 Å². The molecule has 0 atom stereocenters. The van der Waals surface area contributed by atoms with Crippen molar-refractivity contribution in [1.82, 2.24) is 4.57 Å². The number of anilines is 1. The number of nitrogens with zero attached hydrogens (tertiary/aromatic N) is 1. The summed E-state index contributed by atoms with van der Waals surface area (Å²) in [5, 5.41) is 2.64. The highest BCUT2D eigenvalue weighted by Crippen LogP contribution is 2.24. The summed E-state index contributed by atoms with van der Waals surface area (Å²) in [6.45, 7) is 6.32. The minimum atomic E-state index is -0.701. The molecule has 34 heavy (non-hydrogen) atoms. The van der Waals surface area contributed by atoms with Crippen molar-refractivity contribution >= 4 is 29.3 Å². The van der Waals surface area contributed by atoms with E-state index in [1.807, 2.05) is 11.5 Å². The fourth-order valence-electron chi connectivity index (χ4n) is 3.77. The van der Waals surface area contributed by atoms with Gasteiger partial charge in [-0.1, -0.05) is 12.1 Å². The van der Waals surface area contributed by atoms with Crippen LogP contribution in [0.5, 0.6) is 0 Å². The first-order valence-electron chi connectivity index (χ1n) is 10.6. The molecule has 1 N–H and O–H groups in total. The second kappa shape index (κ2) is 10.2. The number of para-hydroxylation sites is 1. The molecule has 0 bridgehead atoms. The van der Waals surface area contributed by atoms with E-state index in [1.54, 1.807) is 56.3 Å². The van der Waals surface area contributed by atoms with E-state index in [2.05, 4.69) is 5.32 Å². The standard InChI is InChI=1S/C26H26N2O6/c1-15-7-6-8-21(24(15)27-18(4)29)26(32)34-14-23(30)22-13-16(2)28(17(22)3)20-11-9-19(10-12-20)25(31)33-5/h6-13H,14H2,1-5H3,(H,27,29). The predicted molar refractivity (Wildman–Crippen MR) is 127 cm³/mol. The second-order valence-electron chi connectivity index (χ2n) is 7.84. The van der Waals surface area contributed by atoms with Gasteiger partial charge in [-0.15, -0.1) is 0 Å². The predicted octanol–water partition coefficient (Wildman–Crippen LogP) is 4.19. The number of aromatic nitrogens is 1. The second-order valence-corrected chi connectivity index (χ2v) is 7.84. The number of carbonyl (C=O) groups excluding carboxylic acids is 4. The molecule has 0 saturated heterocycles. The monoisotopic (exact) mass is 462 g/mol. The molecule has 0 saturated carbocycles. The lowest BCUT2D eigenvalue weighted by Crippen LogP contribution is -2.18. The molecule has 0 radical (unpaired) electrons. The number of benzene rings is 2. The highest BCUT2D eigenvalue weighted by Gasteiger charge is 2.21. The summed E-state index contributed by atoms with van der Waals surface area (Å²) in [4.78, 5) is 48.7. The number of hydrogen-bond acceptors (Lipinski definition) is 6. The molecular weight excluding hydrogens is 436 g/mol. The molecule has 3 aromatic rings. The van der Waals surface area contributed by atoms with Gasteiger partial charge < -0.3 is 19.4 Å². The van der Waals surface area contributed by atoms with E-state index >= 15 is 0 Å². The third kappa shape index (κ3) is 5.06. The van der Waals surface area contributed by atoms with Crippen molar-refractivity contribution in [2.45, 2.75) is 27.7 Å². The minimum absolute atomic E-state index is 0.180. The van der Waals surface area contributed by atoms with Crippen LogP contribution in [0.1, 0.15) is 54.9 Å². The average Bonchev–Trinajstić information content (AvgIpc) is 3.11. The van der Waals surface area contributed by atoms with Crippen LogP contribution >= 0.6 is 0 Å². The Kier molecular flexibility index (Phi) is 7.31. The van der Waals surface area contributed by atoms with Crippen molar-refractivity contribution in [3.05, 3.63) is 82.2 Å². The zero-order chi connectivity index (χ0) is 25.0. The number of methoxy groups -OCH3 is 1. The SMILES string of the molecule is COC(=O)c1ccc(-n2c(C)cc(C(=O)COC(=O)c3cccc(C)c3NC(C)=O)c2C)cc1. The molecule has 1 heterocycles. The Morgan fingerprint density at radius 1 is 0.912 bits per heavy atom. The molecule has 0 spiro atoms. The lowest BCUT2D eigenvalue weighted by atomic mass is 10.1. The fraction of sp³-hybridized carbons (Fsp3) is 0.231. The maximum atomic E-state index is 12.9. The van der Waals surface area contributed by atoms with Crippen molar-refractivity contribution in [1.29, 1.82) is 0 Å². The van der Waals surface area contributed by atoms with Crippen molar-refractivity contribution in [3.8, 4) is 5.69 Å². The number of ether oxygens (including phenoxy) is 2. The number of amides is 1. The first-order chi connectivity index (χ1) is 16.1. The smallest absolute Gasteiger partial charge is 0.340 e. The van der Waals surface area contributed by atoms with Gasteiger partial charge in [0.1, 0.15) is 0 Å². The Labute approximate surface area is 197 Å². The summed E-state index contributed by atoms with van der Waals surface area (Å²) in [5.41, 5.74) is 4.36. The van der Waals surface area contributed by atoms with Gasteiger partial charge in [0, 0.05) is 29.6 Å². The summed E-state index contributed by atoms with van der Waals surface area (Å²) in [6, 6.07) is 13.5. The Balaban J connectivity index is 1.78. The summed E-state index contributed by atoms with van der Waals surface area (Å²) < 4.78 is 11.9. The number of esters is 2. The number of aryl methyl sites for hydroxylation is 2. The average molecular weight is 463 g/mol. The van der Waals surface area contributed by atoms with Crippen LogP contribution < -0.4 is 5.32 Å². The molecule has 3 rings (SSSR count). The maximum Gasteiger partial charge on any atom is 0.340 e. The molecule has 8 nitrogen and oxygen atoms in total. The van der Waals surface area contributed by atoms with Gasteiger partial charge in [0.2, 0.25) is 11.7 Å². The number of carbonyl (C=O) groups is 4. The van der Waals surface area contributed by atoms with E-state index < -0.39 is 18.5 Å². The Morgan fingerprint density at radius 2 is 1.59 bits per heavy atom. The van der Waals surface area contributed by atoms with Gasteiger partial charge in [0.25, 0.3) is 0 Å². The topological polar surface area (TPSA) is 104 Å². The van der Waals surface area contributed by atoms with Crippen molar-refractivity contribution in [2.24, 2.45) is 0 Å². The van der Waals surface area contributed by atoms with Gasteiger partial charge in [-0.25, -0.2) is 9.59 Å². The molecule has 1 amide bonds. The van der Waals surface area contributed by atoms with Gasteiger partial charge in [-0.2, -0.15) is 0 Å². The summed E-state index contributed by atoms with van der Waals surface area (Å²) >= 11 is 0. The third-order valence-corrected chi connectivity index (χ3v) is 5.41. The van der Waals surface area contributed by atoms with Crippen molar-refractivity contribution in [3.63, 3.8) is 0 Å². The highest BCUT2D eigenvalue weighted by molar-refractivity contribution is 6.04. The van der Waals surface area contributed by atoms with Crippen LogP contribution in [0.25, 0.3) is 5.69 Å². The summed E-state index contributed by atoms with van der Waals surface area (Å²) in [5.74, 6) is -1.80. The first-order valence-corrected chi connectivity index (χ1v) is 10.6. The van der Waals surface area contributed by atoms with E-state index in [9.17, 15) is 19.2 Å². The Bertz CT molecular complexity index is 1270. The van der Waals surface area contributed by atoms with Crippen LogP contribution in [0.2, 0.25) is 0 Å². The Morgan fingerprint density at radius 3 is 2.21 bits per heavy atom. The van der Waals surface area contributed by atoms with E-state index in [0.29, 0.717) is 28.1 Å². The van der Waals surface area contributed by atoms with Crippen molar-refractivity contribution in [2.75, 3.05) is 19.0 Å². The van der Waals surface area contributed by atoms with Gasteiger partial charge >= 0.3 is 11.9 Å². The van der Waals surface area contributed by atoms with Gasteiger partial charge in [0.15, 0.2) is 6.61 Å². The molecular formula is C26H26N2O6. The van der Waals surface area contributed by atoms with E-state index in [-0.39, 0.29) is 17.3 Å². The zero-order valence-corrected chi connectivity index (χ0v) is 19.7. The third-order valence-electron chi connectivity index (χ3n) is 5.41. The van der Waals surface area contributed by atoms with Crippen molar-refractivity contribution < 1.29 is 28.7 Å². The summed E-state index contributed by atoms with van der Waals surface area (Å²) in [7, 11) is 1.32. The summed E-state index contributed by atoms with van der Waals surface area (Å²) in [6.07, 6.45) is 0. The molecule has 1 aromatic heterocycles. The molecule has 2 aromatic carbocycles. The van der Waals surface area contributed by atoms with Gasteiger partial charge in [0.05, 0.1) is 23.9 Å². The lowest BCUT2D eigenvalue weighted by molar-refractivity contribution is -0.114. The highest BCUT2D eigenvalue weighted by atomic mass is 16.5. The number of ketones is 1. The molecule has 0 fully saturated rings. The van der Waals surface area contributed by atoms with Crippen LogP contribution in [0.3, 0.4) is 0 Å². The molecule has 0 aliphatic heterocycles. The van der Waals surface area contributed by atoms with Crippen LogP contribution in [0, 0.1) is 20.8 Å². The quantitative estimate of drug-likeness (QED) is 0.417. The Hall–Kier alpha value is -4.20. The molecule has 0 unspecified atom stereocenters. The van der Waals surface area contributed by atoms with Gasteiger partial charge in [-0.3, -0.25) is 9.59 Å². The van der Waals surface area contributed by atoms with E-state index in [1.165, 1.54) is 20.1 Å². The van der Waals surface area contributed by atoms with E-state index in [4.69, 9.17) is 9.47 Å². The minimum Gasteiger partial charge on any atom is -0.465 e. The first kappa shape index (κ1) is 24.4. The number of rotatable bonds is 7. The lowest BCUT2D eigenvalue weighted by Gasteiger charge is -2.12. The number of nitrogens with one attached hydrogen (secondary N) is 1. The van der Waals surface area contributed by atoms with Gasteiger partial charge in [-0.05, 0) is 62.7 Å². The van der Waals surface area contributed by atoms with Crippen LogP contribution in [-0.4, -0.2) is 41.9 Å². The normalized spacial score (nSPS) is 10.5. The molecule has 8 heteroatoms. The largest absolute Gasteiger partial charge is 0.465 e. The number of hydrogen-bond donors (Lipinski definition) is 1. The van der Waals surface area contributed by atoms with Crippen LogP contribution in [0.15, 0.2) is 48.5 Å². The van der Waals surface area contributed by atoms with Crippen LogP contribution in [0.4, 0.5) is 5.69 Å². The molecule has 0 aliphatic rings.